The van der Waals surface area contributed by atoms with E-state index in [9.17, 15) is 9.90 Å². The Morgan fingerprint density at radius 1 is 0.905 bits per heavy atom. The molecule has 120 valence electrons. The van der Waals surface area contributed by atoms with Crippen molar-refractivity contribution in [1.29, 1.82) is 0 Å². The van der Waals surface area contributed by atoms with Crippen LogP contribution in [0.1, 0.15) is 70.6 Å². The maximum atomic E-state index is 13.0. The summed E-state index contributed by atoms with van der Waals surface area (Å²) in [7, 11) is 0. The number of hydrogen-bond acceptors (Lipinski definition) is 2. The summed E-state index contributed by atoms with van der Waals surface area (Å²) < 4.78 is 0. The third kappa shape index (κ3) is 3.44. The largest absolute Gasteiger partial charge is 0.394 e. The van der Waals surface area contributed by atoms with Gasteiger partial charge in [0.15, 0.2) is 0 Å². The smallest absolute Gasteiger partial charge is 0.226 e. The Kier molecular flexibility index (Phi) is 5.20. The summed E-state index contributed by atoms with van der Waals surface area (Å²) >= 11 is 0. The van der Waals surface area contributed by atoms with Gasteiger partial charge >= 0.3 is 0 Å². The molecular formula is C18H31NO2. The average Bonchev–Trinajstić information content (AvgIpc) is 2.79. The van der Waals surface area contributed by atoms with Gasteiger partial charge in [0.1, 0.15) is 0 Å². The number of fused-ring (bicyclic) bond motifs is 1. The Bertz CT molecular complexity index is 357. The zero-order chi connectivity index (χ0) is 14.7. The van der Waals surface area contributed by atoms with E-state index in [0.29, 0.717) is 5.91 Å². The van der Waals surface area contributed by atoms with Crippen molar-refractivity contribution in [2.45, 2.75) is 76.7 Å². The number of rotatable bonds is 2. The molecule has 2 saturated carbocycles. The van der Waals surface area contributed by atoms with Gasteiger partial charge in [-0.15, -0.1) is 0 Å². The molecule has 1 heterocycles. The minimum atomic E-state index is 0.0871. The molecule has 1 saturated heterocycles. The van der Waals surface area contributed by atoms with Gasteiger partial charge in [0.05, 0.1) is 12.6 Å². The van der Waals surface area contributed by atoms with Crippen molar-refractivity contribution in [3.05, 3.63) is 0 Å². The fraction of sp³-hybridized carbons (Fsp3) is 0.944. The second kappa shape index (κ2) is 7.13. The molecule has 0 radical (unpaired) electrons. The quantitative estimate of drug-likeness (QED) is 0.848. The third-order valence-corrected chi connectivity index (χ3v) is 6.26. The van der Waals surface area contributed by atoms with Gasteiger partial charge in [-0.2, -0.15) is 0 Å². The number of carbonyl (C=O) groups excluding carboxylic acids is 1. The van der Waals surface area contributed by atoms with Crippen LogP contribution in [0, 0.1) is 17.8 Å². The normalized spacial score (nSPS) is 37.7. The first-order valence-electron chi connectivity index (χ1n) is 9.21. The third-order valence-electron chi connectivity index (χ3n) is 6.26. The monoisotopic (exact) mass is 293 g/mol. The summed E-state index contributed by atoms with van der Waals surface area (Å²) in [5.41, 5.74) is 0. The molecule has 3 rings (SSSR count). The molecule has 0 spiro atoms. The van der Waals surface area contributed by atoms with Gasteiger partial charge in [-0.3, -0.25) is 4.79 Å². The van der Waals surface area contributed by atoms with Crippen LogP contribution < -0.4 is 0 Å². The molecule has 0 aromatic rings. The number of nitrogens with zero attached hydrogens (tertiary/aromatic N) is 1. The molecule has 3 heteroatoms. The lowest BCUT2D eigenvalue weighted by Gasteiger charge is -2.41. The molecule has 0 bridgehead atoms. The first-order valence-corrected chi connectivity index (χ1v) is 9.21. The van der Waals surface area contributed by atoms with E-state index in [-0.39, 0.29) is 18.6 Å². The van der Waals surface area contributed by atoms with Gasteiger partial charge in [-0.25, -0.2) is 0 Å². The maximum Gasteiger partial charge on any atom is 0.226 e. The SMILES string of the molecule is O=C(C1CCC2CCCCC2C1)N1CCCCCC1CO. The van der Waals surface area contributed by atoms with Crippen molar-refractivity contribution >= 4 is 5.91 Å². The summed E-state index contributed by atoms with van der Waals surface area (Å²) in [5, 5.41) is 9.63. The predicted molar refractivity (Wildman–Crippen MR) is 83.8 cm³/mol. The topological polar surface area (TPSA) is 40.5 Å². The molecule has 4 unspecified atom stereocenters. The highest BCUT2D eigenvalue weighted by Crippen LogP contribution is 2.43. The van der Waals surface area contributed by atoms with Crippen LogP contribution in [0.25, 0.3) is 0 Å². The summed E-state index contributed by atoms with van der Waals surface area (Å²) in [6.07, 6.45) is 13.4. The van der Waals surface area contributed by atoms with Crippen LogP contribution in [0.15, 0.2) is 0 Å². The van der Waals surface area contributed by atoms with Crippen LogP contribution in [0.4, 0.5) is 0 Å². The van der Waals surface area contributed by atoms with Gasteiger partial charge in [0.2, 0.25) is 5.91 Å². The Hall–Kier alpha value is -0.570. The number of aliphatic hydroxyl groups is 1. The summed E-state index contributed by atoms with van der Waals surface area (Å²) in [5.74, 6) is 2.32. The highest BCUT2D eigenvalue weighted by Gasteiger charge is 2.38. The molecule has 0 aromatic carbocycles. The predicted octanol–water partition coefficient (Wildman–Crippen LogP) is 3.36. The second-order valence-electron chi connectivity index (χ2n) is 7.53. The van der Waals surface area contributed by atoms with Crippen molar-refractivity contribution in [3.8, 4) is 0 Å². The fourth-order valence-corrected chi connectivity index (χ4v) is 4.99. The van der Waals surface area contributed by atoms with Crippen LogP contribution in [-0.4, -0.2) is 35.1 Å². The van der Waals surface area contributed by atoms with Crippen molar-refractivity contribution < 1.29 is 9.90 Å². The summed E-state index contributed by atoms with van der Waals surface area (Å²) in [6.45, 7) is 1.01. The van der Waals surface area contributed by atoms with Crippen LogP contribution in [0.5, 0.6) is 0 Å². The number of amides is 1. The van der Waals surface area contributed by atoms with Gasteiger partial charge in [0, 0.05) is 12.5 Å². The van der Waals surface area contributed by atoms with Crippen LogP contribution >= 0.6 is 0 Å². The molecule has 0 aromatic heterocycles. The Balaban J connectivity index is 1.63. The fourth-order valence-electron chi connectivity index (χ4n) is 4.99. The molecule has 2 aliphatic carbocycles. The van der Waals surface area contributed by atoms with E-state index in [1.54, 1.807) is 0 Å². The zero-order valence-electron chi connectivity index (χ0n) is 13.3. The van der Waals surface area contributed by atoms with E-state index < -0.39 is 0 Å². The Morgan fingerprint density at radius 2 is 1.67 bits per heavy atom. The van der Waals surface area contributed by atoms with Crippen molar-refractivity contribution in [1.82, 2.24) is 4.90 Å². The average molecular weight is 293 g/mol. The molecule has 3 fully saturated rings. The highest BCUT2D eigenvalue weighted by molar-refractivity contribution is 5.79. The number of hydrogen-bond donors (Lipinski definition) is 1. The first-order chi connectivity index (χ1) is 10.3. The first kappa shape index (κ1) is 15.3. The minimum Gasteiger partial charge on any atom is -0.394 e. The summed E-state index contributed by atoms with van der Waals surface area (Å²) in [4.78, 5) is 15.0. The lowest BCUT2D eigenvalue weighted by molar-refractivity contribution is -0.141. The van der Waals surface area contributed by atoms with Crippen LogP contribution in [0.3, 0.4) is 0 Å². The van der Waals surface area contributed by atoms with Gasteiger partial charge < -0.3 is 10.0 Å². The molecule has 1 aliphatic heterocycles. The van der Waals surface area contributed by atoms with Crippen LogP contribution in [-0.2, 0) is 4.79 Å². The van der Waals surface area contributed by atoms with Crippen molar-refractivity contribution in [2.24, 2.45) is 17.8 Å². The summed E-state index contributed by atoms with van der Waals surface area (Å²) in [6, 6.07) is 0.0871. The van der Waals surface area contributed by atoms with Crippen molar-refractivity contribution in [3.63, 3.8) is 0 Å². The van der Waals surface area contributed by atoms with E-state index in [2.05, 4.69) is 0 Å². The van der Waals surface area contributed by atoms with Crippen molar-refractivity contribution in [2.75, 3.05) is 13.2 Å². The molecule has 3 aliphatic rings. The van der Waals surface area contributed by atoms with E-state index >= 15 is 0 Å². The molecular weight excluding hydrogens is 262 g/mol. The highest BCUT2D eigenvalue weighted by atomic mass is 16.3. The molecule has 1 N–H and O–H groups in total. The number of likely N-dealkylation sites (tertiary alicyclic amines) is 1. The molecule has 21 heavy (non-hydrogen) atoms. The van der Waals surface area contributed by atoms with Gasteiger partial charge in [0.25, 0.3) is 0 Å². The Labute approximate surface area is 129 Å². The lowest BCUT2D eigenvalue weighted by Crippen LogP contribution is -2.46. The number of aliphatic hydroxyl groups excluding tert-OH is 1. The van der Waals surface area contributed by atoms with E-state index in [1.807, 2.05) is 4.90 Å². The molecule has 3 nitrogen and oxygen atoms in total. The van der Waals surface area contributed by atoms with Gasteiger partial charge in [-0.05, 0) is 43.9 Å². The molecule has 4 atom stereocenters. The van der Waals surface area contributed by atoms with Crippen LogP contribution in [0.2, 0.25) is 0 Å². The number of carbonyl (C=O) groups is 1. The lowest BCUT2D eigenvalue weighted by atomic mass is 9.67. The Morgan fingerprint density at radius 3 is 2.48 bits per heavy atom. The van der Waals surface area contributed by atoms with E-state index in [4.69, 9.17) is 0 Å². The maximum absolute atomic E-state index is 13.0. The van der Waals surface area contributed by atoms with Gasteiger partial charge in [-0.1, -0.05) is 38.5 Å². The van der Waals surface area contributed by atoms with E-state index in [1.165, 1.54) is 38.5 Å². The van der Waals surface area contributed by atoms with E-state index in [0.717, 1.165) is 50.5 Å². The zero-order valence-corrected chi connectivity index (χ0v) is 13.3. The second-order valence-corrected chi connectivity index (χ2v) is 7.53. The molecule has 1 amide bonds. The minimum absolute atomic E-state index is 0.0871. The standard InChI is InChI=1S/C18H31NO2/c20-13-17-8-2-1-5-11-19(17)18(21)16-10-9-14-6-3-4-7-15(14)12-16/h14-17,20H,1-13H2.